The van der Waals surface area contributed by atoms with E-state index in [2.05, 4.69) is 17.1 Å². The van der Waals surface area contributed by atoms with E-state index in [0.717, 1.165) is 26.1 Å². The van der Waals surface area contributed by atoms with Crippen LogP contribution in [0.4, 0.5) is 0 Å². The fraction of sp³-hybridized carbons (Fsp3) is 0.923. The van der Waals surface area contributed by atoms with Crippen molar-refractivity contribution in [1.82, 2.24) is 10.2 Å². The highest BCUT2D eigenvalue weighted by Gasteiger charge is 2.30. The highest BCUT2D eigenvalue weighted by atomic mass is 16.2. The van der Waals surface area contributed by atoms with Crippen LogP contribution in [0.15, 0.2) is 0 Å². The maximum atomic E-state index is 12.4. The monoisotopic (exact) mass is 224 g/mol. The van der Waals surface area contributed by atoms with Crippen molar-refractivity contribution >= 4 is 5.91 Å². The summed E-state index contributed by atoms with van der Waals surface area (Å²) >= 11 is 0. The van der Waals surface area contributed by atoms with Gasteiger partial charge in [-0.1, -0.05) is 19.3 Å². The Balaban J connectivity index is 1.94. The number of carbonyl (C=O) groups excluding carboxylic acids is 1. The largest absolute Gasteiger partial charge is 0.340 e. The van der Waals surface area contributed by atoms with Gasteiger partial charge in [0.15, 0.2) is 0 Å². The minimum absolute atomic E-state index is 0.252. The van der Waals surface area contributed by atoms with Crippen LogP contribution in [0, 0.1) is 5.92 Å². The maximum Gasteiger partial charge on any atom is 0.227 e. The maximum absolute atomic E-state index is 12.4. The van der Waals surface area contributed by atoms with Gasteiger partial charge in [0.1, 0.15) is 0 Å². The van der Waals surface area contributed by atoms with Crippen LogP contribution in [-0.2, 0) is 4.79 Å². The average Bonchev–Trinajstić information content (AvgIpc) is 2.85. The van der Waals surface area contributed by atoms with Crippen LogP contribution in [0.5, 0.6) is 0 Å². The number of hydrogen-bond acceptors (Lipinski definition) is 2. The molecule has 0 aromatic heterocycles. The molecular formula is C13H24N2O. The molecule has 1 N–H and O–H groups in total. The summed E-state index contributed by atoms with van der Waals surface area (Å²) in [6, 6.07) is 0.534. The second-order valence-corrected chi connectivity index (χ2v) is 5.11. The van der Waals surface area contributed by atoms with Gasteiger partial charge >= 0.3 is 0 Å². The van der Waals surface area contributed by atoms with E-state index in [1.807, 2.05) is 0 Å². The molecule has 3 heteroatoms. The minimum Gasteiger partial charge on any atom is -0.340 e. The molecule has 0 spiro atoms. The standard InChI is InChI=1S/C13H24N2O/c1-2-15(12-6-4-3-5-7-12)13(16)11-8-9-14-10-11/h11-12,14H,2-10H2,1H3. The third-order valence-corrected chi connectivity index (χ3v) is 4.05. The van der Waals surface area contributed by atoms with Crippen LogP contribution in [0.1, 0.15) is 45.4 Å². The van der Waals surface area contributed by atoms with Gasteiger partial charge in [0.25, 0.3) is 0 Å². The molecule has 0 aromatic carbocycles. The molecule has 3 nitrogen and oxygen atoms in total. The molecule has 1 amide bonds. The van der Waals surface area contributed by atoms with Crippen LogP contribution in [0.25, 0.3) is 0 Å². The lowest BCUT2D eigenvalue weighted by molar-refractivity contribution is -0.137. The Labute approximate surface area is 98.6 Å². The predicted molar refractivity (Wildman–Crippen MR) is 65.2 cm³/mol. The van der Waals surface area contributed by atoms with Crippen molar-refractivity contribution in [1.29, 1.82) is 0 Å². The van der Waals surface area contributed by atoms with Crippen LogP contribution >= 0.6 is 0 Å². The van der Waals surface area contributed by atoms with Crippen molar-refractivity contribution in [3.63, 3.8) is 0 Å². The summed E-state index contributed by atoms with van der Waals surface area (Å²) in [4.78, 5) is 14.5. The van der Waals surface area contributed by atoms with E-state index in [9.17, 15) is 4.79 Å². The van der Waals surface area contributed by atoms with Gasteiger partial charge in [-0.05, 0) is 32.7 Å². The lowest BCUT2D eigenvalue weighted by Gasteiger charge is -2.35. The summed E-state index contributed by atoms with van der Waals surface area (Å²) in [5.74, 6) is 0.654. The van der Waals surface area contributed by atoms with Gasteiger partial charge in [-0.2, -0.15) is 0 Å². The van der Waals surface area contributed by atoms with Crippen molar-refractivity contribution in [3.8, 4) is 0 Å². The van der Waals surface area contributed by atoms with E-state index in [-0.39, 0.29) is 5.92 Å². The Bertz CT molecular complexity index is 230. The fourth-order valence-corrected chi connectivity index (χ4v) is 3.09. The molecule has 2 fully saturated rings. The van der Waals surface area contributed by atoms with Crippen LogP contribution in [-0.4, -0.2) is 36.5 Å². The number of rotatable bonds is 3. The Kier molecular flexibility index (Phi) is 4.22. The van der Waals surface area contributed by atoms with Gasteiger partial charge in [0, 0.05) is 19.1 Å². The predicted octanol–water partition coefficient (Wildman–Crippen LogP) is 1.78. The summed E-state index contributed by atoms with van der Waals surface area (Å²) in [5.41, 5.74) is 0. The van der Waals surface area contributed by atoms with Crippen molar-refractivity contribution in [3.05, 3.63) is 0 Å². The molecule has 1 unspecified atom stereocenters. The molecule has 1 saturated heterocycles. The first-order chi connectivity index (χ1) is 7.83. The molecule has 0 aromatic rings. The molecule has 0 bridgehead atoms. The van der Waals surface area contributed by atoms with E-state index in [0.29, 0.717) is 11.9 Å². The van der Waals surface area contributed by atoms with E-state index in [1.165, 1.54) is 32.1 Å². The van der Waals surface area contributed by atoms with Gasteiger partial charge in [-0.15, -0.1) is 0 Å². The molecule has 1 aliphatic carbocycles. The second kappa shape index (κ2) is 5.67. The zero-order valence-electron chi connectivity index (χ0n) is 10.4. The number of nitrogens with one attached hydrogen (secondary N) is 1. The van der Waals surface area contributed by atoms with E-state index >= 15 is 0 Å². The summed E-state index contributed by atoms with van der Waals surface area (Å²) in [5, 5.41) is 3.29. The van der Waals surface area contributed by atoms with Crippen molar-refractivity contribution in [2.45, 2.75) is 51.5 Å². The van der Waals surface area contributed by atoms with Gasteiger partial charge < -0.3 is 10.2 Å². The highest BCUT2D eigenvalue weighted by molar-refractivity contribution is 5.79. The Hall–Kier alpha value is -0.570. The average molecular weight is 224 g/mol. The first kappa shape index (κ1) is 11.9. The van der Waals surface area contributed by atoms with Gasteiger partial charge in [-0.3, -0.25) is 4.79 Å². The third-order valence-electron chi connectivity index (χ3n) is 4.05. The molecule has 1 atom stereocenters. The van der Waals surface area contributed by atoms with E-state index in [4.69, 9.17) is 0 Å². The molecule has 1 aliphatic heterocycles. The zero-order valence-corrected chi connectivity index (χ0v) is 10.4. The first-order valence-corrected chi connectivity index (χ1v) is 6.84. The van der Waals surface area contributed by atoms with Crippen molar-refractivity contribution in [2.75, 3.05) is 19.6 Å². The minimum atomic E-state index is 0.252. The van der Waals surface area contributed by atoms with Gasteiger partial charge in [0.2, 0.25) is 5.91 Å². The number of carbonyl (C=O) groups is 1. The number of amides is 1. The molecule has 2 aliphatic rings. The Morgan fingerprint density at radius 3 is 2.56 bits per heavy atom. The van der Waals surface area contributed by atoms with Gasteiger partial charge in [0.05, 0.1) is 5.92 Å². The third kappa shape index (κ3) is 2.57. The fourth-order valence-electron chi connectivity index (χ4n) is 3.09. The zero-order chi connectivity index (χ0) is 11.4. The number of nitrogens with zero attached hydrogens (tertiary/aromatic N) is 1. The highest BCUT2D eigenvalue weighted by Crippen LogP contribution is 2.24. The van der Waals surface area contributed by atoms with Crippen LogP contribution in [0.3, 0.4) is 0 Å². The molecule has 16 heavy (non-hydrogen) atoms. The SMILES string of the molecule is CCN(C(=O)C1CCNC1)C1CCCCC1. The Morgan fingerprint density at radius 2 is 2.00 bits per heavy atom. The van der Waals surface area contributed by atoms with Crippen molar-refractivity contribution in [2.24, 2.45) is 5.92 Å². The molecule has 92 valence electrons. The lowest BCUT2D eigenvalue weighted by atomic mass is 9.93. The smallest absolute Gasteiger partial charge is 0.227 e. The second-order valence-electron chi connectivity index (χ2n) is 5.11. The molecule has 1 heterocycles. The van der Waals surface area contributed by atoms with E-state index < -0.39 is 0 Å². The van der Waals surface area contributed by atoms with Gasteiger partial charge in [-0.25, -0.2) is 0 Å². The molecule has 0 radical (unpaired) electrons. The lowest BCUT2D eigenvalue weighted by Crippen LogP contribution is -2.44. The Morgan fingerprint density at radius 1 is 1.25 bits per heavy atom. The molecule has 2 rings (SSSR count). The van der Waals surface area contributed by atoms with Crippen LogP contribution < -0.4 is 5.32 Å². The van der Waals surface area contributed by atoms with Crippen molar-refractivity contribution < 1.29 is 4.79 Å². The topological polar surface area (TPSA) is 32.3 Å². The number of hydrogen-bond donors (Lipinski definition) is 1. The summed E-state index contributed by atoms with van der Waals surface area (Å²) in [6.45, 7) is 4.91. The van der Waals surface area contributed by atoms with Crippen LogP contribution in [0.2, 0.25) is 0 Å². The summed E-state index contributed by atoms with van der Waals surface area (Å²) in [6.07, 6.45) is 7.43. The quantitative estimate of drug-likeness (QED) is 0.792. The normalized spacial score (nSPS) is 26.9. The summed E-state index contributed by atoms with van der Waals surface area (Å²) < 4.78 is 0. The summed E-state index contributed by atoms with van der Waals surface area (Å²) in [7, 11) is 0. The van der Waals surface area contributed by atoms with E-state index in [1.54, 1.807) is 0 Å². The molecule has 1 saturated carbocycles. The first-order valence-electron chi connectivity index (χ1n) is 6.84. The molecular weight excluding hydrogens is 200 g/mol.